The molecule has 0 aliphatic carbocycles. The van der Waals surface area contributed by atoms with Crippen LogP contribution in [0.5, 0.6) is 0 Å². The van der Waals surface area contributed by atoms with Gasteiger partial charge in [0.05, 0.1) is 0 Å². The number of benzene rings is 2. The fourth-order valence-electron chi connectivity index (χ4n) is 1.99. The number of rotatable bonds is 2. The monoisotopic (exact) mass is 368 g/mol. The minimum atomic E-state index is -0.118. The third kappa shape index (κ3) is 2.42. The molecule has 0 unspecified atom stereocenters. The SMILES string of the molecule is Fc1ccc(I)cc1Cc1cc2ccccc2s1. The largest absolute Gasteiger partial charge is 0.207 e. The Kier molecular flexibility index (Phi) is 3.35. The average molecular weight is 368 g/mol. The molecule has 1 heterocycles. The number of thiophene rings is 1. The predicted octanol–water partition coefficient (Wildman–Crippen LogP) is 5.24. The maximum atomic E-state index is 13.7. The van der Waals surface area contributed by atoms with Crippen molar-refractivity contribution >= 4 is 44.0 Å². The van der Waals surface area contributed by atoms with Crippen molar-refractivity contribution in [3.8, 4) is 0 Å². The molecular weight excluding hydrogens is 358 g/mol. The van der Waals surface area contributed by atoms with E-state index in [1.807, 2.05) is 18.2 Å². The maximum absolute atomic E-state index is 13.7. The highest BCUT2D eigenvalue weighted by Gasteiger charge is 2.07. The van der Waals surface area contributed by atoms with Gasteiger partial charge in [0, 0.05) is 19.6 Å². The van der Waals surface area contributed by atoms with Crippen LogP contribution in [0, 0.1) is 9.39 Å². The highest BCUT2D eigenvalue weighted by Crippen LogP contribution is 2.28. The lowest BCUT2D eigenvalue weighted by Crippen LogP contribution is -1.91. The fraction of sp³-hybridized carbons (Fsp3) is 0.0667. The van der Waals surface area contributed by atoms with Crippen LogP contribution >= 0.6 is 33.9 Å². The van der Waals surface area contributed by atoms with Crippen molar-refractivity contribution < 1.29 is 4.39 Å². The van der Waals surface area contributed by atoms with Crippen molar-refractivity contribution in [1.29, 1.82) is 0 Å². The Morgan fingerprint density at radius 1 is 1.06 bits per heavy atom. The molecule has 0 aliphatic heterocycles. The number of hydrogen-bond acceptors (Lipinski definition) is 1. The average Bonchev–Trinajstić information content (AvgIpc) is 2.76. The minimum Gasteiger partial charge on any atom is -0.207 e. The first-order chi connectivity index (χ1) is 8.72. The van der Waals surface area contributed by atoms with E-state index in [0.29, 0.717) is 6.42 Å². The summed E-state index contributed by atoms with van der Waals surface area (Å²) in [6.45, 7) is 0. The molecule has 0 amide bonds. The van der Waals surface area contributed by atoms with Gasteiger partial charge in [0.1, 0.15) is 5.82 Å². The molecule has 3 rings (SSSR count). The van der Waals surface area contributed by atoms with Gasteiger partial charge in [-0.05, 0) is 63.9 Å². The van der Waals surface area contributed by atoms with Crippen LogP contribution in [-0.4, -0.2) is 0 Å². The van der Waals surface area contributed by atoms with E-state index in [1.54, 1.807) is 23.5 Å². The number of halogens is 2. The lowest BCUT2D eigenvalue weighted by Gasteiger charge is -2.01. The number of fused-ring (bicyclic) bond motifs is 1. The molecule has 0 saturated carbocycles. The summed E-state index contributed by atoms with van der Waals surface area (Å²) in [5.41, 5.74) is 0.772. The number of hydrogen-bond donors (Lipinski definition) is 0. The van der Waals surface area contributed by atoms with Crippen LogP contribution in [0.25, 0.3) is 10.1 Å². The Morgan fingerprint density at radius 2 is 1.89 bits per heavy atom. The van der Waals surface area contributed by atoms with Gasteiger partial charge in [-0.3, -0.25) is 0 Å². The standard InChI is InChI=1S/C15H10FIS/c16-14-6-5-12(17)7-11(14)9-13-8-10-3-1-2-4-15(10)18-13/h1-8H,9H2. The van der Waals surface area contributed by atoms with E-state index >= 15 is 0 Å². The zero-order chi connectivity index (χ0) is 12.5. The topological polar surface area (TPSA) is 0 Å². The van der Waals surface area contributed by atoms with Gasteiger partial charge in [0.2, 0.25) is 0 Å². The molecule has 0 aliphatic rings. The van der Waals surface area contributed by atoms with Crippen LogP contribution in [0.15, 0.2) is 48.5 Å². The van der Waals surface area contributed by atoms with Crippen molar-refractivity contribution in [2.75, 3.05) is 0 Å². The predicted molar refractivity (Wildman–Crippen MR) is 83.7 cm³/mol. The van der Waals surface area contributed by atoms with E-state index in [1.165, 1.54) is 15.0 Å². The van der Waals surface area contributed by atoms with Gasteiger partial charge >= 0.3 is 0 Å². The van der Waals surface area contributed by atoms with E-state index < -0.39 is 0 Å². The van der Waals surface area contributed by atoms with Crippen LogP contribution in [0.4, 0.5) is 4.39 Å². The smallest absolute Gasteiger partial charge is 0.126 e. The van der Waals surface area contributed by atoms with Crippen LogP contribution < -0.4 is 0 Å². The highest BCUT2D eigenvalue weighted by atomic mass is 127. The summed E-state index contributed by atoms with van der Waals surface area (Å²) in [5.74, 6) is -0.118. The third-order valence-corrected chi connectivity index (χ3v) is 4.64. The molecular formula is C15H10FIS. The van der Waals surface area contributed by atoms with Gasteiger partial charge in [-0.1, -0.05) is 18.2 Å². The van der Waals surface area contributed by atoms with Gasteiger partial charge in [-0.2, -0.15) is 0 Å². The van der Waals surface area contributed by atoms with Crippen LogP contribution in [-0.2, 0) is 6.42 Å². The summed E-state index contributed by atoms with van der Waals surface area (Å²) in [6.07, 6.45) is 0.669. The summed E-state index contributed by atoms with van der Waals surface area (Å²) >= 11 is 3.95. The molecule has 2 aromatic carbocycles. The van der Waals surface area contributed by atoms with Crippen molar-refractivity contribution in [2.24, 2.45) is 0 Å². The molecule has 0 bridgehead atoms. The maximum Gasteiger partial charge on any atom is 0.126 e. The summed E-state index contributed by atoms with van der Waals surface area (Å²) in [7, 11) is 0. The Morgan fingerprint density at radius 3 is 2.72 bits per heavy atom. The molecule has 0 spiro atoms. The third-order valence-electron chi connectivity index (χ3n) is 2.85. The second kappa shape index (κ2) is 4.97. The molecule has 0 radical (unpaired) electrons. The molecule has 3 heteroatoms. The van der Waals surface area contributed by atoms with Crippen molar-refractivity contribution in [1.82, 2.24) is 0 Å². The Bertz CT molecular complexity index is 670. The molecule has 18 heavy (non-hydrogen) atoms. The second-order valence-corrected chi connectivity index (χ2v) is 6.58. The van der Waals surface area contributed by atoms with Crippen LogP contribution in [0.3, 0.4) is 0 Å². The van der Waals surface area contributed by atoms with E-state index in [0.717, 1.165) is 9.13 Å². The first kappa shape index (κ1) is 12.1. The fourth-order valence-corrected chi connectivity index (χ4v) is 3.63. The van der Waals surface area contributed by atoms with Gasteiger partial charge in [0.15, 0.2) is 0 Å². The zero-order valence-electron chi connectivity index (χ0n) is 9.49. The molecule has 1 aromatic heterocycles. The first-order valence-corrected chi connectivity index (χ1v) is 7.53. The summed E-state index contributed by atoms with van der Waals surface area (Å²) in [6, 6.07) is 15.7. The Hall–Kier alpha value is -0.940. The van der Waals surface area contributed by atoms with Gasteiger partial charge in [-0.15, -0.1) is 11.3 Å². The van der Waals surface area contributed by atoms with Crippen LogP contribution in [0.1, 0.15) is 10.4 Å². The van der Waals surface area contributed by atoms with Crippen molar-refractivity contribution in [3.63, 3.8) is 0 Å². The summed E-state index contributed by atoms with van der Waals surface area (Å²) in [4.78, 5) is 1.21. The quantitative estimate of drug-likeness (QED) is 0.543. The molecule has 90 valence electrons. The van der Waals surface area contributed by atoms with Gasteiger partial charge in [0.25, 0.3) is 0 Å². The second-order valence-electron chi connectivity index (χ2n) is 4.16. The Labute approximate surface area is 123 Å². The first-order valence-electron chi connectivity index (χ1n) is 5.64. The van der Waals surface area contributed by atoms with Gasteiger partial charge < -0.3 is 0 Å². The van der Waals surface area contributed by atoms with Crippen molar-refractivity contribution in [3.05, 3.63) is 68.4 Å². The van der Waals surface area contributed by atoms with E-state index in [2.05, 4.69) is 40.8 Å². The van der Waals surface area contributed by atoms with E-state index in [9.17, 15) is 4.39 Å². The molecule has 0 nitrogen and oxygen atoms in total. The Balaban J connectivity index is 1.98. The lowest BCUT2D eigenvalue weighted by atomic mass is 10.1. The molecule has 0 N–H and O–H groups in total. The molecule has 0 fully saturated rings. The molecule has 0 saturated heterocycles. The normalized spacial score (nSPS) is 11.0. The molecule has 3 aromatic rings. The molecule has 0 atom stereocenters. The summed E-state index contributed by atoms with van der Waals surface area (Å²) < 4.78 is 16.0. The zero-order valence-corrected chi connectivity index (χ0v) is 12.5. The van der Waals surface area contributed by atoms with Crippen molar-refractivity contribution in [2.45, 2.75) is 6.42 Å². The van der Waals surface area contributed by atoms with Gasteiger partial charge in [-0.25, -0.2) is 4.39 Å². The minimum absolute atomic E-state index is 0.118. The van der Waals surface area contributed by atoms with E-state index in [4.69, 9.17) is 0 Å². The highest BCUT2D eigenvalue weighted by molar-refractivity contribution is 14.1. The lowest BCUT2D eigenvalue weighted by molar-refractivity contribution is 0.614. The van der Waals surface area contributed by atoms with Crippen LogP contribution in [0.2, 0.25) is 0 Å². The summed E-state index contributed by atoms with van der Waals surface area (Å²) in [5, 5.41) is 1.24. The van der Waals surface area contributed by atoms with E-state index in [-0.39, 0.29) is 5.82 Å².